The highest BCUT2D eigenvalue weighted by molar-refractivity contribution is 6.60. The van der Waals surface area contributed by atoms with Crippen molar-refractivity contribution in [1.29, 1.82) is 0 Å². The van der Waals surface area contributed by atoms with E-state index in [-0.39, 0.29) is 13.2 Å². The third-order valence-electron chi connectivity index (χ3n) is 5.48. The number of aliphatic hydroxyl groups excluding tert-OH is 1. The van der Waals surface area contributed by atoms with E-state index in [1.807, 2.05) is 13.8 Å². The second-order valence-corrected chi connectivity index (χ2v) is 11.5. The SMILES string of the molecule is CCOC1(CCCN(CCC[Si]2(OCC)OCC(C)CO2)C(=O)OCCO)OCC(C)CO1. The Kier molecular flexibility index (Phi) is 12.6. The van der Waals surface area contributed by atoms with Gasteiger partial charge in [-0.1, -0.05) is 13.8 Å². The molecule has 1 N–H and O–H groups in total. The molecular formula is C22H43NO9Si. The van der Waals surface area contributed by atoms with Crippen LogP contribution in [0.25, 0.3) is 0 Å². The molecule has 194 valence electrons. The molecule has 0 aromatic rings. The summed E-state index contributed by atoms with van der Waals surface area (Å²) in [5, 5.41) is 9.03. The van der Waals surface area contributed by atoms with Crippen LogP contribution in [0.1, 0.15) is 47.0 Å². The first-order chi connectivity index (χ1) is 15.9. The normalized spacial score (nSPS) is 30.2. The van der Waals surface area contributed by atoms with Gasteiger partial charge in [0.05, 0.1) is 19.8 Å². The lowest BCUT2D eigenvalue weighted by Gasteiger charge is -2.39. The third-order valence-corrected chi connectivity index (χ3v) is 8.38. The molecule has 2 fully saturated rings. The van der Waals surface area contributed by atoms with Crippen molar-refractivity contribution in [3.63, 3.8) is 0 Å². The molecule has 2 aliphatic rings. The Morgan fingerprint density at radius 2 is 1.67 bits per heavy atom. The van der Waals surface area contributed by atoms with Gasteiger partial charge in [-0.05, 0) is 26.7 Å². The van der Waals surface area contributed by atoms with Crippen LogP contribution in [0.2, 0.25) is 6.04 Å². The number of hydrogen-bond donors (Lipinski definition) is 1. The summed E-state index contributed by atoms with van der Waals surface area (Å²) in [4.78, 5) is 14.2. The zero-order chi connectivity index (χ0) is 24.2. The van der Waals surface area contributed by atoms with Gasteiger partial charge in [-0.15, -0.1) is 0 Å². The summed E-state index contributed by atoms with van der Waals surface area (Å²) in [7, 11) is -2.72. The van der Waals surface area contributed by atoms with Crippen molar-refractivity contribution >= 4 is 14.9 Å². The number of carbonyl (C=O) groups is 1. The van der Waals surface area contributed by atoms with E-state index in [2.05, 4.69) is 13.8 Å². The molecule has 0 bridgehead atoms. The number of nitrogens with zero attached hydrogens (tertiary/aromatic N) is 1. The average Bonchev–Trinajstić information content (AvgIpc) is 2.81. The quantitative estimate of drug-likeness (QED) is 0.366. The minimum absolute atomic E-state index is 0.0376. The average molecular weight is 494 g/mol. The van der Waals surface area contributed by atoms with Gasteiger partial charge in [0.1, 0.15) is 6.61 Å². The Hall–Kier alpha value is -0.793. The second kappa shape index (κ2) is 14.6. The molecule has 2 heterocycles. The van der Waals surface area contributed by atoms with Gasteiger partial charge in [0.2, 0.25) is 0 Å². The summed E-state index contributed by atoms with van der Waals surface area (Å²) in [6, 6.07) is 0.629. The summed E-state index contributed by atoms with van der Waals surface area (Å²) >= 11 is 0. The van der Waals surface area contributed by atoms with Crippen molar-refractivity contribution in [2.75, 3.05) is 65.9 Å². The molecule has 0 aliphatic carbocycles. The molecule has 11 heteroatoms. The lowest BCUT2D eigenvalue weighted by Crippen LogP contribution is -2.51. The number of carbonyl (C=O) groups excluding carboxylic acids is 1. The highest BCUT2D eigenvalue weighted by atomic mass is 28.4. The number of rotatable bonds is 14. The number of amides is 1. The van der Waals surface area contributed by atoms with Crippen LogP contribution in [-0.2, 0) is 32.2 Å². The Morgan fingerprint density at radius 3 is 2.27 bits per heavy atom. The number of hydrogen-bond acceptors (Lipinski definition) is 9. The second-order valence-electron chi connectivity index (χ2n) is 8.72. The van der Waals surface area contributed by atoms with E-state index in [9.17, 15) is 4.79 Å². The van der Waals surface area contributed by atoms with Crippen molar-refractivity contribution in [2.45, 2.75) is 59.0 Å². The standard InChI is InChI=1S/C22H43NO9Si/c1-5-27-22(28-15-19(3)16-29-22)9-7-10-23(21(25)26-13-12-24)11-8-14-33(30-6-2)31-17-20(4)18-32-33/h19-20,24H,5-18H2,1-4H3. The highest BCUT2D eigenvalue weighted by Gasteiger charge is 2.44. The molecular weight excluding hydrogens is 450 g/mol. The first kappa shape index (κ1) is 28.4. The van der Waals surface area contributed by atoms with Crippen LogP contribution in [0.3, 0.4) is 0 Å². The van der Waals surface area contributed by atoms with Crippen LogP contribution in [0.4, 0.5) is 4.79 Å². The molecule has 10 nitrogen and oxygen atoms in total. The predicted octanol–water partition coefficient (Wildman–Crippen LogP) is 2.62. The first-order valence-corrected chi connectivity index (χ1v) is 14.2. The van der Waals surface area contributed by atoms with Crippen molar-refractivity contribution in [3.05, 3.63) is 0 Å². The van der Waals surface area contributed by atoms with Crippen LogP contribution in [-0.4, -0.2) is 96.8 Å². The maximum atomic E-state index is 12.6. The molecule has 2 aliphatic heterocycles. The molecule has 2 rings (SSSR count). The molecule has 0 radical (unpaired) electrons. The molecule has 1 amide bonds. The maximum Gasteiger partial charge on any atom is 0.501 e. The Morgan fingerprint density at radius 1 is 1.03 bits per heavy atom. The Labute approximate surface area is 199 Å². The molecule has 0 spiro atoms. The minimum Gasteiger partial charge on any atom is -0.447 e. The molecule has 0 atom stereocenters. The van der Waals surface area contributed by atoms with Gasteiger partial charge in [0, 0.05) is 63.8 Å². The lowest BCUT2D eigenvalue weighted by molar-refractivity contribution is -0.408. The van der Waals surface area contributed by atoms with Gasteiger partial charge in [0.25, 0.3) is 5.97 Å². The molecule has 33 heavy (non-hydrogen) atoms. The summed E-state index contributed by atoms with van der Waals surface area (Å²) in [5.74, 6) is -0.396. The minimum atomic E-state index is -2.72. The predicted molar refractivity (Wildman–Crippen MR) is 123 cm³/mol. The lowest BCUT2D eigenvalue weighted by atomic mass is 10.2. The largest absolute Gasteiger partial charge is 0.501 e. The van der Waals surface area contributed by atoms with Crippen LogP contribution in [0.5, 0.6) is 0 Å². The fourth-order valence-electron chi connectivity index (χ4n) is 3.79. The first-order valence-electron chi connectivity index (χ1n) is 12.2. The van der Waals surface area contributed by atoms with E-state index in [1.54, 1.807) is 4.90 Å². The van der Waals surface area contributed by atoms with Gasteiger partial charge in [-0.3, -0.25) is 0 Å². The van der Waals surface area contributed by atoms with E-state index in [4.69, 9.17) is 37.3 Å². The van der Waals surface area contributed by atoms with Gasteiger partial charge >= 0.3 is 14.9 Å². The Bertz CT molecular complexity index is 514. The van der Waals surface area contributed by atoms with E-state index in [0.717, 1.165) is 0 Å². The molecule has 0 aromatic carbocycles. The third kappa shape index (κ3) is 9.40. The summed E-state index contributed by atoms with van der Waals surface area (Å²) in [6.45, 7) is 12.1. The van der Waals surface area contributed by atoms with E-state index in [0.29, 0.717) is 89.9 Å². The van der Waals surface area contributed by atoms with E-state index >= 15 is 0 Å². The van der Waals surface area contributed by atoms with Crippen LogP contribution >= 0.6 is 0 Å². The molecule has 0 saturated carbocycles. The van der Waals surface area contributed by atoms with Crippen LogP contribution < -0.4 is 0 Å². The summed E-state index contributed by atoms with van der Waals surface area (Å²) in [6.07, 6.45) is 1.32. The van der Waals surface area contributed by atoms with Gasteiger partial charge in [-0.2, -0.15) is 0 Å². The maximum absolute atomic E-state index is 12.6. The number of aliphatic hydroxyl groups is 1. The fraction of sp³-hybridized carbons (Fsp3) is 0.955. The molecule has 0 aromatic heterocycles. The van der Waals surface area contributed by atoms with Gasteiger partial charge in [-0.25, -0.2) is 4.79 Å². The van der Waals surface area contributed by atoms with Crippen molar-refractivity contribution < 1.29 is 42.1 Å². The van der Waals surface area contributed by atoms with Crippen LogP contribution in [0, 0.1) is 11.8 Å². The van der Waals surface area contributed by atoms with Crippen LogP contribution in [0.15, 0.2) is 0 Å². The summed E-state index contributed by atoms with van der Waals surface area (Å²) < 4.78 is 40.6. The zero-order valence-electron chi connectivity index (χ0n) is 20.7. The van der Waals surface area contributed by atoms with Crippen molar-refractivity contribution in [1.82, 2.24) is 4.90 Å². The van der Waals surface area contributed by atoms with Crippen molar-refractivity contribution in [2.24, 2.45) is 11.8 Å². The van der Waals surface area contributed by atoms with Gasteiger partial charge in [0.15, 0.2) is 0 Å². The zero-order valence-corrected chi connectivity index (χ0v) is 21.7. The van der Waals surface area contributed by atoms with Crippen molar-refractivity contribution in [3.8, 4) is 0 Å². The smallest absolute Gasteiger partial charge is 0.447 e. The topological polar surface area (TPSA) is 105 Å². The fourth-order valence-corrected chi connectivity index (χ4v) is 6.58. The monoisotopic (exact) mass is 493 g/mol. The molecule has 2 saturated heterocycles. The molecule has 0 unspecified atom stereocenters. The van der Waals surface area contributed by atoms with E-state index < -0.39 is 20.9 Å². The summed E-state index contributed by atoms with van der Waals surface area (Å²) in [5.41, 5.74) is 0. The Balaban J connectivity index is 1.90. The number of ether oxygens (including phenoxy) is 4. The van der Waals surface area contributed by atoms with E-state index in [1.165, 1.54) is 0 Å². The van der Waals surface area contributed by atoms with Gasteiger partial charge < -0.3 is 42.2 Å². The highest BCUT2D eigenvalue weighted by Crippen LogP contribution is 2.28.